The number of rotatable bonds is 10. The fourth-order valence-corrected chi connectivity index (χ4v) is 2.89. The molecule has 134 valence electrons. The first-order valence-corrected chi connectivity index (χ1v) is 9.09. The number of carbonyl (C=O) groups is 1. The summed E-state index contributed by atoms with van der Waals surface area (Å²) in [5.41, 5.74) is 1.05. The van der Waals surface area contributed by atoms with Gasteiger partial charge in [-0.1, -0.05) is 18.6 Å². The molecule has 1 heterocycles. The van der Waals surface area contributed by atoms with Crippen molar-refractivity contribution in [1.29, 1.82) is 0 Å². The Morgan fingerprint density at radius 2 is 1.88 bits per heavy atom. The number of nitrogens with one attached hydrogen (secondary N) is 1. The molecule has 1 saturated heterocycles. The molecule has 0 spiro atoms. The van der Waals surface area contributed by atoms with E-state index in [1.807, 2.05) is 24.3 Å². The van der Waals surface area contributed by atoms with E-state index in [2.05, 4.69) is 10.2 Å². The number of hydrogen-bond acceptors (Lipinski definition) is 4. The Kier molecular flexibility index (Phi) is 8.63. The van der Waals surface area contributed by atoms with Crippen molar-refractivity contribution in [3.05, 3.63) is 29.8 Å². The quantitative estimate of drug-likeness (QED) is 0.645. The zero-order chi connectivity index (χ0) is 17.0. The van der Waals surface area contributed by atoms with Gasteiger partial charge in [0.05, 0.1) is 6.61 Å². The van der Waals surface area contributed by atoms with Crippen molar-refractivity contribution in [2.45, 2.75) is 45.1 Å². The molecule has 24 heavy (non-hydrogen) atoms. The molecule has 1 aliphatic rings. The summed E-state index contributed by atoms with van der Waals surface area (Å²) in [7, 11) is 0. The minimum atomic E-state index is -0.0258. The van der Waals surface area contributed by atoms with Crippen LogP contribution in [0.25, 0.3) is 0 Å². The summed E-state index contributed by atoms with van der Waals surface area (Å²) in [6, 6.07) is 7.87. The van der Waals surface area contributed by atoms with Gasteiger partial charge in [-0.3, -0.25) is 4.79 Å². The highest BCUT2D eigenvalue weighted by molar-refractivity contribution is 5.75. The van der Waals surface area contributed by atoms with Crippen LogP contribution in [-0.2, 0) is 11.3 Å². The third-order valence-corrected chi connectivity index (χ3v) is 4.31. The van der Waals surface area contributed by atoms with E-state index >= 15 is 0 Å². The molecule has 5 heteroatoms. The summed E-state index contributed by atoms with van der Waals surface area (Å²) in [6.45, 7) is 4.90. The van der Waals surface area contributed by atoms with Crippen molar-refractivity contribution < 1.29 is 14.6 Å². The van der Waals surface area contributed by atoms with Gasteiger partial charge >= 0.3 is 0 Å². The molecule has 2 rings (SSSR count). The summed E-state index contributed by atoms with van der Waals surface area (Å²) in [6.07, 6.45) is 5.98. The van der Waals surface area contributed by atoms with Gasteiger partial charge in [0, 0.05) is 26.1 Å². The van der Waals surface area contributed by atoms with Crippen molar-refractivity contribution in [3.8, 4) is 5.75 Å². The van der Waals surface area contributed by atoms with Gasteiger partial charge in [0.15, 0.2) is 0 Å². The molecule has 0 unspecified atom stereocenters. The van der Waals surface area contributed by atoms with Crippen molar-refractivity contribution in [1.82, 2.24) is 10.2 Å². The molecular weight excluding hydrogens is 304 g/mol. The van der Waals surface area contributed by atoms with Gasteiger partial charge in [-0.25, -0.2) is 0 Å². The molecule has 2 N–H and O–H groups in total. The van der Waals surface area contributed by atoms with E-state index < -0.39 is 0 Å². The van der Waals surface area contributed by atoms with Gasteiger partial charge in [0.2, 0.25) is 5.91 Å². The third kappa shape index (κ3) is 7.32. The topological polar surface area (TPSA) is 61.8 Å². The minimum Gasteiger partial charge on any atom is -0.494 e. The Morgan fingerprint density at radius 1 is 1.12 bits per heavy atom. The molecular formula is C19H30N2O3. The second kappa shape index (κ2) is 11.0. The van der Waals surface area contributed by atoms with Crippen molar-refractivity contribution >= 4 is 5.91 Å². The number of benzene rings is 1. The first kappa shape index (κ1) is 18.7. The second-order valence-electron chi connectivity index (χ2n) is 6.35. The van der Waals surface area contributed by atoms with Crippen LogP contribution in [0.2, 0.25) is 0 Å². The fraction of sp³-hybridized carbons (Fsp3) is 0.632. The predicted molar refractivity (Wildman–Crippen MR) is 95.0 cm³/mol. The zero-order valence-corrected chi connectivity index (χ0v) is 14.5. The van der Waals surface area contributed by atoms with Crippen LogP contribution in [0.4, 0.5) is 0 Å². The molecule has 0 atom stereocenters. The predicted octanol–water partition coefficient (Wildman–Crippen LogP) is 2.33. The van der Waals surface area contributed by atoms with Gasteiger partial charge in [0.25, 0.3) is 0 Å². The third-order valence-electron chi connectivity index (χ3n) is 4.31. The maximum atomic E-state index is 11.5. The molecule has 0 radical (unpaired) electrons. The number of carbonyl (C=O) groups excluding carboxylic acids is 1. The average Bonchev–Trinajstić information content (AvgIpc) is 2.63. The van der Waals surface area contributed by atoms with Gasteiger partial charge < -0.3 is 20.1 Å². The van der Waals surface area contributed by atoms with Crippen LogP contribution < -0.4 is 10.1 Å². The molecule has 0 saturated carbocycles. The number of amides is 1. The van der Waals surface area contributed by atoms with E-state index in [1.165, 1.54) is 32.4 Å². The molecule has 0 aliphatic carbocycles. The van der Waals surface area contributed by atoms with Crippen molar-refractivity contribution in [2.24, 2.45) is 0 Å². The first-order chi connectivity index (χ1) is 11.8. The number of hydrogen-bond donors (Lipinski definition) is 2. The zero-order valence-electron chi connectivity index (χ0n) is 14.5. The summed E-state index contributed by atoms with van der Waals surface area (Å²) in [5.74, 6) is 0.853. The number of ether oxygens (including phenoxy) is 1. The van der Waals surface area contributed by atoms with Gasteiger partial charge in [0.1, 0.15) is 5.75 Å². The van der Waals surface area contributed by atoms with Crippen LogP contribution in [0.1, 0.15) is 44.1 Å². The van der Waals surface area contributed by atoms with Gasteiger partial charge in [-0.2, -0.15) is 0 Å². The lowest BCUT2D eigenvalue weighted by Crippen LogP contribution is -2.31. The largest absolute Gasteiger partial charge is 0.494 e. The molecule has 5 nitrogen and oxygen atoms in total. The molecule has 1 aromatic carbocycles. The van der Waals surface area contributed by atoms with E-state index in [0.717, 1.165) is 30.9 Å². The van der Waals surface area contributed by atoms with Crippen LogP contribution in [0.15, 0.2) is 24.3 Å². The Bertz CT molecular complexity index is 470. The highest BCUT2D eigenvalue weighted by Crippen LogP contribution is 2.13. The van der Waals surface area contributed by atoms with Crippen LogP contribution in [0.3, 0.4) is 0 Å². The molecule has 0 aromatic heterocycles. The lowest BCUT2D eigenvalue weighted by Gasteiger charge is -2.26. The molecule has 1 fully saturated rings. The van der Waals surface area contributed by atoms with E-state index in [9.17, 15) is 4.79 Å². The fourth-order valence-electron chi connectivity index (χ4n) is 2.89. The molecule has 1 aromatic rings. The Balaban J connectivity index is 1.60. The smallest absolute Gasteiger partial charge is 0.220 e. The van der Waals surface area contributed by atoms with Gasteiger partial charge in [-0.05, 0) is 56.5 Å². The summed E-state index contributed by atoms with van der Waals surface area (Å²) < 4.78 is 5.79. The summed E-state index contributed by atoms with van der Waals surface area (Å²) >= 11 is 0. The van der Waals surface area contributed by atoms with E-state index in [0.29, 0.717) is 19.4 Å². The molecule has 0 bridgehead atoms. The molecule has 1 aliphatic heterocycles. The minimum absolute atomic E-state index is 0.0258. The standard InChI is InChI=1S/C19H30N2O3/c22-14-4-6-19(23)20-16-17-7-9-18(10-8-17)24-15-5-13-21-11-2-1-3-12-21/h7-10,22H,1-6,11-16H2,(H,20,23). The second-order valence-corrected chi connectivity index (χ2v) is 6.35. The highest BCUT2D eigenvalue weighted by Gasteiger charge is 2.09. The number of nitrogens with zero attached hydrogens (tertiary/aromatic N) is 1. The van der Waals surface area contributed by atoms with Gasteiger partial charge in [-0.15, -0.1) is 0 Å². The van der Waals surface area contributed by atoms with Crippen molar-refractivity contribution in [2.75, 3.05) is 32.8 Å². The highest BCUT2D eigenvalue weighted by atomic mass is 16.5. The number of aliphatic hydroxyl groups excluding tert-OH is 1. The van der Waals surface area contributed by atoms with Crippen molar-refractivity contribution in [3.63, 3.8) is 0 Å². The van der Waals surface area contributed by atoms with Crippen LogP contribution >= 0.6 is 0 Å². The van der Waals surface area contributed by atoms with Crippen LogP contribution in [0.5, 0.6) is 5.75 Å². The number of aliphatic hydroxyl groups is 1. The maximum Gasteiger partial charge on any atom is 0.220 e. The Hall–Kier alpha value is -1.59. The summed E-state index contributed by atoms with van der Waals surface area (Å²) in [4.78, 5) is 14.0. The summed E-state index contributed by atoms with van der Waals surface area (Å²) in [5, 5.41) is 11.5. The molecule has 1 amide bonds. The number of likely N-dealkylation sites (tertiary alicyclic amines) is 1. The lowest BCUT2D eigenvalue weighted by atomic mass is 10.1. The Labute approximate surface area is 145 Å². The van der Waals surface area contributed by atoms with E-state index in [4.69, 9.17) is 9.84 Å². The average molecular weight is 334 g/mol. The van der Waals surface area contributed by atoms with Crippen LogP contribution in [-0.4, -0.2) is 48.8 Å². The monoisotopic (exact) mass is 334 g/mol. The SMILES string of the molecule is O=C(CCCO)NCc1ccc(OCCCN2CCCCC2)cc1. The first-order valence-electron chi connectivity index (χ1n) is 9.09. The normalized spacial score (nSPS) is 15.2. The number of piperidine rings is 1. The maximum absolute atomic E-state index is 11.5. The lowest BCUT2D eigenvalue weighted by molar-refractivity contribution is -0.121. The van der Waals surface area contributed by atoms with Crippen LogP contribution in [0, 0.1) is 0 Å². The Morgan fingerprint density at radius 3 is 2.58 bits per heavy atom. The van der Waals surface area contributed by atoms with E-state index in [-0.39, 0.29) is 12.5 Å². The van der Waals surface area contributed by atoms with E-state index in [1.54, 1.807) is 0 Å².